The molecule has 11 heteroatoms. The van der Waals surface area contributed by atoms with Gasteiger partial charge in [-0.25, -0.2) is 0 Å². The van der Waals surface area contributed by atoms with Crippen molar-refractivity contribution >= 4 is 23.4 Å². The molecule has 2 saturated heterocycles. The Hall–Kier alpha value is -4.11. The van der Waals surface area contributed by atoms with Gasteiger partial charge in [0.25, 0.3) is 0 Å². The Morgan fingerprint density at radius 1 is 1.00 bits per heavy atom. The van der Waals surface area contributed by atoms with Gasteiger partial charge in [0.05, 0.1) is 57.2 Å². The lowest BCUT2D eigenvalue weighted by atomic mass is 9.89. The lowest BCUT2D eigenvalue weighted by Gasteiger charge is -2.27. The Morgan fingerprint density at radius 3 is 2.20 bits per heavy atom. The van der Waals surface area contributed by atoms with Crippen LogP contribution in [0.2, 0.25) is 0 Å². The molecule has 2 fully saturated rings. The maximum atomic E-state index is 13.8. The Balaban J connectivity index is 1.48. The molecule has 2 aliphatic rings. The van der Waals surface area contributed by atoms with E-state index in [1.54, 1.807) is 57.4 Å². The molecule has 44 heavy (non-hydrogen) atoms. The highest BCUT2D eigenvalue weighted by Gasteiger charge is 2.50. The third-order valence-corrected chi connectivity index (χ3v) is 8.05. The Labute approximate surface area is 257 Å². The van der Waals surface area contributed by atoms with Gasteiger partial charge in [-0.3, -0.25) is 24.1 Å². The van der Waals surface area contributed by atoms with Crippen molar-refractivity contribution in [2.75, 3.05) is 46.6 Å². The van der Waals surface area contributed by atoms with Crippen LogP contribution in [0.15, 0.2) is 48.5 Å². The molecule has 4 atom stereocenters. The molecule has 2 heterocycles. The predicted molar refractivity (Wildman–Crippen MR) is 161 cm³/mol. The molecule has 0 bridgehead atoms. The number of epoxide rings is 1. The first-order chi connectivity index (χ1) is 21.1. The molecular weight excluding hydrogens is 564 g/mol. The first-order valence-electron chi connectivity index (χ1n) is 14.8. The van der Waals surface area contributed by atoms with Crippen LogP contribution >= 0.6 is 0 Å². The minimum Gasteiger partial charge on any atom is -0.497 e. The summed E-state index contributed by atoms with van der Waals surface area (Å²) in [5.74, 6) is -1.41. The zero-order valence-electron chi connectivity index (χ0n) is 25.5. The van der Waals surface area contributed by atoms with Gasteiger partial charge in [-0.2, -0.15) is 5.26 Å². The number of hydrogen-bond donors (Lipinski definition) is 2. The summed E-state index contributed by atoms with van der Waals surface area (Å²) in [6, 6.07) is 14.4. The fraction of sp³-hybridized carbons (Fsp3) is 0.485. The first kappa shape index (κ1) is 32.8. The third-order valence-electron chi connectivity index (χ3n) is 8.05. The lowest BCUT2D eigenvalue weighted by Crippen LogP contribution is -2.50. The number of rotatable bonds is 15. The standard InChI is InChI=1S/C33H40N4O7/c1-22(35-30(39)20-37-12-14-43-15-13-37)29(38)18-26(16-23-8-10-27(42-3)11-9-23)32(41)36-28(31(40)33(2)21-44-33)17-24-4-6-25(19-34)7-5-24/h4-11,22,26,28H,12-18,20-21H2,1-3H3,(H,35,39)(H,36,41). The average Bonchev–Trinajstić information content (AvgIpc) is 3.79. The van der Waals surface area contributed by atoms with Gasteiger partial charge < -0.3 is 24.8 Å². The quantitative estimate of drug-likeness (QED) is 0.289. The number of morpholine rings is 1. The molecule has 2 N–H and O–H groups in total. The largest absolute Gasteiger partial charge is 0.497 e. The number of nitriles is 1. The molecule has 2 aliphatic heterocycles. The summed E-state index contributed by atoms with van der Waals surface area (Å²) in [5.41, 5.74) is 1.09. The first-order valence-corrected chi connectivity index (χ1v) is 14.8. The van der Waals surface area contributed by atoms with Gasteiger partial charge in [0, 0.05) is 25.4 Å². The Bertz CT molecular complexity index is 1360. The minimum absolute atomic E-state index is 0.136. The van der Waals surface area contributed by atoms with Gasteiger partial charge in [0.15, 0.2) is 11.6 Å². The number of ether oxygens (including phenoxy) is 3. The van der Waals surface area contributed by atoms with Crippen molar-refractivity contribution in [2.24, 2.45) is 5.92 Å². The average molecular weight is 605 g/mol. The van der Waals surface area contributed by atoms with Crippen molar-refractivity contribution in [3.05, 3.63) is 65.2 Å². The second-order valence-corrected chi connectivity index (χ2v) is 11.6. The predicted octanol–water partition coefficient (Wildman–Crippen LogP) is 1.61. The fourth-order valence-electron chi connectivity index (χ4n) is 5.12. The number of Topliss-reactive ketones (excluding diaryl/α,β-unsaturated/α-hetero) is 2. The zero-order valence-corrected chi connectivity index (χ0v) is 25.5. The number of carbonyl (C=O) groups is 4. The molecule has 2 aromatic rings. The van der Waals surface area contributed by atoms with Gasteiger partial charge >= 0.3 is 0 Å². The highest BCUT2D eigenvalue weighted by Crippen LogP contribution is 2.29. The maximum Gasteiger partial charge on any atom is 0.234 e. The van der Waals surface area contributed by atoms with Crippen molar-refractivity contribution in [1.82, 2.24) is 15.5 Å². The van der Waals surface area contributed by atoms with Crippen molar-refractivity contribution in [2.45, 2.75) is 50.8 Å². The summed E-state index contributed by atoms with van der Waals surface area (Å²) < 4.78 is 16.0. The number of ketones is 2. The fourth-order valence-corrected chi connectivity index (χ4v) is 5.12. The lowest BCUT2D eigenvalue weighted by molar-refractivity contribution is -0.134. The zero-order chi connectivity index (χ0) is 31.7. The summed E-state index contributed by atoms with van der Waals surface area (Å²) in [4.78, 5) is 55.2. The molecule has 234 valence electrons. The van der Waals surface area contributed by atoms with Crippen LogP contribution in [0.3, 0.4) is 0 Å². The summed E-state index contributed by atoms with van der Waals surface area (Å²) in [6.07, 6.45) is 0.302. The van der Waals surface area contributed by atoms with Crippen LogP contribution in [0.1, 0.15) is 37.0 Å². The summed E-state index contributed by atoms with van der Waals surface area (Å²) in [6.45, 7) is 6.14. The van der Waals surface area contributed by atoms with E-state index in [0.717, 1.165) is 11.1 Å². The van der Waals surface area contributed by atoms with Crippen LogP contribution in [0, 0.1) is 17.2 Å². The SMILES string of the molecule is COc1ccc(CC(CC(=O)C(C)NC(=O)CN2CCOCC2)C(=O)NC(Cc2ccc(C#N)cc2)C(=O)C2(C)CO2)cc1. The van der Waals surface area contributed by atoms with E-state index >= 15 is 0 Å². The monoisotopic (exact) mass is 604 g/mol. The highest BCUT2D eigenvalue weighted by molar-refractivity contribution is 5.98. The highest BCUT2D eigenvalue weighted by atomic mass is 16.6. The molecular formula is C33H40N4O7. The molecule has 0 saturated carbocycles. The number of nitrogens with zero attached hydrogens (tertiary/aromatic N) is 2. The van der Waals surface area contributed by atoms with E-state index in [9.17, 15) is 19.2 Å². The number of nitrogens with one attached hydrogen (secondary N) is 2. The number of methoxy groups -OCH3 is 1. The van der Waals surface area contributed by atoms with E-state index in [-0.39, 0.29) is 49.9 Å². The van der Waals surface area contributed by atoms with Gasteiger partial charge in [0.1, 0.15) is 11.4 Å². The van der Waals surface area contributed by atoms with Crippen molar-refractivity contribution < 1.29 is 33.4 Å². The molecule has 0 radical (unpaired) electrons. The number of amides is 2. The third kappa shape index (κ3) is 9.19. The van der Waals surface area contributed by atoms with Crippen LogP contribution < -0.4 is 15.4 Å². The number of benzene rings is 2. The van der Waals surface area contributed by atoms with Crippen LogP contribution in [0.25, 0.3) is 0 Å². The molecule has 4 rings (SSSR count). The summed E-state index contributed by atoms with van der Waals surface area (Å²) in [7, 11) is 1.56. The van der Waals surface area contributed by atoms with E-state index in [1.165, 1.54) is 0 Å². The van der Waals surface area contributed by atoms with Gasteiger partial charge in [-0.15, -0.1) is 0 Å². The molecule has 0 aliphatic carbocycles. The van der Waals surface area contributed by atoms with E-state index in [4.69, 9.17) is 19.5 Å². The van der Waals surface area contributed by atoms with Crippen molar-refractivity contribution in [1.29, 1.82) is 5.26 Å². The molecule has 0 aromatic heterocycles. The van der Waals surface area contributed by atoms with E-state index in [0.29, 0.717) is 37.6 Å². The smallest absolute Gasteiger partial charge is 0.234 e. The molecule has 0 spiro atoms. The summed E-state index contributed by atoms with van der Waals surface area (Å²) >= 11 is 0. The molecule has 4 unspecified atom stereocenters. The topological polar surface area (TPSA) is 150 Å². The second kappa shape index (κ2) is 15.1. The van der Waals surface area contributed by atoms with Gasteiger partial charge in [-0.1, -0.05) is 24.3 Å². The van der Waals surface area contributed by atoms with E-state index < -0.39 is 29.5 Å². The van der Waals surface area contributed by atoms with E-state index in [2.05, 4.69) is 16.7 Å². The van der Waals surface area contributed by atoms with Crippen LogP contribution in [0.4, 0.5) is 0 Å². The summed E-state index contributed by atoms with van der Waals surface area (Å²) in [5, 5.41) is 14.8. The second-order valence-electron chi connectivity index (χ2n) is 11.6. The normalized spacial score (nSPS) is 20.0. The van der Waals surface area contributed by atoms with E-state index in [1.807, 2.05) is 17.0 Å². The van der Waals surface area contributed by atoms with Crippen LogP contribution in [-0.2, 0) is 41.5 Å². The van der Waals surface area contributed by atoms with Crippen molar-refractivity contribution in [3.63, 3.8) is 0 Å². The Kier molecular flexibility index (Phi) is 11.2. The molecule has 2 amide bonds. The van der Waals surface area contributed by atoms with Gasteiger partial charge in [0.2, 0.25) is 11.8 Å². The molecule has 2 aromatic carbocycles. The number of hydrogen-bond acceptors (Lipinski definition) is 9. The molecule has 11 nitrogen and oxygen atoms in total. The van der Waals surface area contributed by atoms with Gasteiger partial charge in [-0.05, 0) is 62.1 Å². The van der Waals surface area contributed by atoms with Crippen molar-refractivity contribution in [3.8, 4) is 11.8 Å². The maximum absolute atomic E-state index is 13.8. The Morgan fingerprint density at radius 2 is 1.61 bits per heavy atom. The van der Waals surface area contributed by atoms with Crippen LogP contribution in [-0.4, -0.2) is 92.5 Å². The minimum atomic E-state index is -0.981. The number of carbonyl (C=O) groups excluding carboxylic acids is 4. The van der Waals surface area contributed by atoms with Crippen LogP contribution in [0.5, 0.6) is 5.75 Å².